The summed E-state index contributed by atoms with van der Waals surface area (Å²) in [5, 5.41) is 20.6. The van der Waals surface area contributed by atoms with Gasteiger partial charge in [-0.1, -0.05) is 12.1 Å². The van der Waals surface area contributed by atoms with E-state index < -0.39 is 4.92 Å². The van der Waals surface area contributed by atoms with Gasteiger partial charge in [0.05, 0.1) is 4.92 Å². The first-order chi connectivity index (χ1) is 12.0. The summed E-state index contributed by atoms with van der Waals surface area (Å²) in [4.78, 5) is 24.8. The number of hydrogen-bond acceptors (Lipinski definition) is 5. The number of benzene rings is 1. The average molecular weight is 341 g/mol. The van der Waals surface area contributed by atoms with Gasteiger partial charge in [0.15, 0.2) is 5.75 Å². The van der Waals surface area contributed by atoms with Gasteiger partial charge in [-0.2, -0.15) is 0 Å². The van der Waals surface area contributed by atoms with Crippen LogP contribution < -0.4 is 5.56 Å². The molecule has 0 radical (unpaired) electrons. The normalized spacial score (nSPS) is 22.4. The van der Waals surface area contributed by atoms with E-state index in [1.165, 1.54) is 12.1 Å². The fourth-order valence-electron chi connectivity index (χ4n) is 4.20. The summed E-state index contributed by atoms with van der Waals surface area (Å²) in [7, 11) is 0. The number of rotatable bonds is 3. The zero-order chi connectivity index (χ0) is 17.6. The van der Waals surface area contributed by atoms with Crippen molar-refractivity contribution in [2.24, 2.45) is 5.92 Å². The maximum Gasteiger partial charge on any atom is 0.311 e. The molecule has 0 spiro atoms. The minimum atomic E-state index is -0.563. The van der Waals surface area contributed by atoms with Crippen LogP contribution in [0.1, 0.15) is 23.6 Å². The number of nitrogens with zero attached hydrogens (tertiary/aromatic N) is 3. The molecule has 1 N–H and O–H groups in total. The molecule has 0 aliphatic carbocycles. The summed E-state index contributed by atoms with van der Waals surface area (Å²) in [5.41, 5.74) is 1.71. The number of fused-ring (bicyclic) bond motifs is 4. The van der Waals surface area contributed by atoms with Gasteiger partial charge in [0.25, 0.3) is 5.56 Å². The second-order valence-corrected chi connectivity index (χ2v) is 6.97. The van der Waals surface area contributed by atoms with Gasteiger partial charge in [-0.3, -0.25) is 19.8 Å². The van der Waals surface area contributed by atoms with Crippen LogP contribution in [0.3, 0.4) is 0 Å². The largest absolute Gasteiger partial charge is 0.502 e. The van der Waals surface area contributed by atoms with Crippen molar-refractivity contribution in [3.8, 4) is 5.75 Å². The van der Waals surface area contributed by atoms with Crippen molar-refractivity contribution in [3.05, 3.63) is 68.1 Å². The first-order valence-electron chi connectivity index (χ1n) is 8.39. The lowest BCUT2D eigenvalue weighted by Gasteiger charge is -2.42. The van der Waals surface area contributed by atoms with Gasteiger partial charge in [0.1, 0.15) is 0 Å². The van der Waals surface area contributed by atoms with Crippen molar-refractivity contribution in [1.29, 1.82) is 0 Å². The van der Waals surface area contributed by atoms with E-state index in [9.17, 15) is 20.0 Å². The van der Waals surface area contributed by atoms with E-state index in [-0.39, 0.29) is 17.0 Å². The topological polar surface area (TPSA) is 88.6 Å². The fraction of sp³-hybridized carbons (Fsp3) is 0.389. The average Bonchev–Trinajstić information content (AvgIpc) is 2.57. The molecule has 2 aromatic rings. The van der Waals surface area contributed by atoms with E-state index in [0.717, 1.165) is 37.3 Å². The third kappa shape index (κ3) is 2.91. The molecule has 2 atom stereocenters. The number of piperidine rings is 1. The van der Waals surface area contributed by atoms with Gasteiger partial charge in [-0.05, 0) is 30.0 Å². The number of phenols is 1. The molecule has 1 saturated heterocycles. The van der Waals surface area contributed by atoms with Gasteiger partial charge in [-0.15, -0.1) is 0 Å². The third-order valence-electron chi connectivity index (χ3n) is 5.20. The molecule has 2 bridgehead atoms. The van der Waals surface area contributed by atoms with Crippen LogP contribution in [-0.2, 0) is 13.1 Å². The molecule has 2 aliphatic rings. The van der Waals surface area contributed by atoms with Crippen LogP contribution in [-0.4, -0.2) is 32.6 Å². The number of phenolic OH excluding ortho intramolecular Hbond substituents is 1. The number of aromatic nitrogens is 1. The zero-order valence-corrected chi connectivity index (χ0v) is 13.7. The number of nitro groups is 1. The Morgan fingerprint density at radius 3 is 2.84 bits per heavy atom. The molecule has 0 amide bonds. The molecule has 0 saturated carbocycles. The summed E-state index contributed by atoms with van der Waals surface area (Å²) in [6, 6.07) is 10.0. The molecular weight excluding hydrogens is 322 g/mol. The van der Waals surface area contributed by atoms with Crippen LogP contribution >= 0.6 is 0 Å². The summed E-state index contributed by atoms with van der Waals surface area (Å²) in [6.07, 6.45) is 1.08. The molecule has 7 heteroatoms. The fourth-order valence-corrected chi connectivity index (χ4v) is 4.20. The number of hydrogen-bond donors (Lipinski definition) is 1. The van der Waals surface area contributed by atoms with E-state index in [0.29, 0.717) is 18.4 Å². The highest BCUT2D eigenvalue weighted by Crippen LogP contribution is 2.36. The highest BCUT2D eigenvalue weighted by molar-refractivity contribution is 5.47. The Kier molecular flexibility index (Phi) is 3.80. The van der Waals surface area contributed by atoms with Gasteiger partial charge in [0, 0.05) is 49.9 Å². The molecular formula is C18H19N3O4. The maximum absolute atomic E-state index is 12.1. The van der Waals surface area contributed by atoms with Crippen LogP contribution in [0.15, 0.2) is 41.2 Å². The number of nitro benzene ring substituents is 1. The highest BCUT2D eigenvalue weighted by Gasteiger charge is 2.34. The van der Waals surface area contributed by atoms with Crippen LogP contribution in [0.4, 0.5) is 5.69 Å². The Labute approximate surface area is 144 Å². The molecule has 0 unspecified atom stereocenters. The minimum absolute atomic E-state index is 0.0646. The maximum atomic E-state index is 12.1. The Balaban J connectivity index is 1.56. The summed E-state index contributed by atoms with van der Waals surface area (Å²) < 4.78 is 1.89. The van der Waals surface area contributed by atoms with E-state index >= 15 is 0 Å². The number of likely N-dealkylation sites (tertiary alicyclic amines) is 1. The van der Waals surface area contributed by atoms with Crippen molar-refractivity contribution in [2.75, 3.05) is 13.1 Å². The molecule has 3 heterocycles. The van der Waals surface area contributed by atoms with Gasteiger partial charge < -0.3 is 9.67 Å². The quantitative estimate of drug-likeness (QED) is 0.682. The lowest BCUT2D eigenvalue weighted by Crippen LogP contribution is -2.46. The van der Waals surface area contributed by atoms with Gasteiger partial charge >= 0.3 is 5.69 Å². The van der Waals surface area contributed by atoms with Crippen LogP contribution in [0.5, 0.6) is 5.75 Å². The van der Waals surface area contributed by atoms with Crippen LogP contribution in [0, 0.1) is 16.0 Å². The van der Waals surface area contributed by atoms with Crippen LogP contribution in [0.25, 0.3) is 0 Å². The first kappa shape index (κ1) is 15.8. The standard InChI is InChI=1S/C18H19N3O4/c22-17-5-4-12(7-16(17)21(24)25)8-19-9-13-6-14(11-19)15-2-1-3-18(23)20(15)10-13/h1-5,7,13-14,22H,6,8-11H2/t13-,14+/m0/s1. The third-order valence-corrected chi connectivity index (χ3v) is 5.20. The Morgan fingerprint density at radius 2 is 2.04 bits per heavy atom. The summed E-state index contributed by atoms with van der Waals surface area (Å²) >= 11 is 0. The number of pyridine rings is 1. The molecule has 1 aromatic carbocycles. The summed E-state index contributed by atoms with van der Waals surface area (Å²) in [6.45, 7) is 3.03. The molecule has 7 nitrogen and oxygen atoms in total. The Bertz CT molecular complexity index is 892. The lowest BCUT2D eigenvalue weighted by molar-refractivity contribution is -0.385. The van der Waals surface area contributed by atoms with Crippen LogP contribution in [0.2, 0.25) is 0 Å². The first-order valence-corrected chi connectivity index (χ1v) is 8.39. The Hall–Kier alpha value is -2.67. The summed E-state index contributed by atoms with van der Waals surface area (Å²) in [5.74, 6) is 0.421. The molecule has 4 rings (SSSR count). The highest BCUT2D eigenvalue weighted by atomic mass is 16.6. The van der Waals surface area contributed by atoms with Crippen molar-refractivity contribution in [2.45, 2.75) is 25.4 Å². The molecule has 1 fully saturated rings. The van der Waals surface area contributed by atoms with E-state index in [1.807, 2.05) is 16.7 Å². The van der Waals surface area contributed by atoms with Crippen molar-refractivity contribution in [1.82, 2.24) is 9.47 Å². The second kappa shape index (κ2) is 6.00. The molecule has 1 aromatic heterocycles. The number of aromatic hydroxyl groups is 1. The van der Waals surface area contributed by atoms with Gasteiger partial charge in [-0.25, -0.2) is 0 Å². The van der Waals surface area contributed by atoms with E-state index in [4.69, 9.17) is 0 Å². The predicted octanol–water partition coefficient (Wildman–Crippen LogP) is 2.08. The van der Waals surface area contributed by atoms with Crippen molar-refractivity contribution < 1.29 is 10.0 Å². The smallest absolute Gasteiger partial charge is 0.311 e. The van der Waals surface area contributed by atoms with Gasteiger partial charge in [0.2, 0.25) is 0 Å². The lowest BCUT2D eigenvalue weighted by atomic mass is 9.83. The van der Waals surface area contributed by atoms with E-state index in [1.54, 1.807) is 12.1 Å². The van der Waals surface area contributed by atoms with E-state index in [2.05, 4.69) is 4.90 Å². The second-order valence-electron chi connectivity index (χ2n) is 6.97. The predicted molar refractivity (Wildman–Crippen MR) is 91.6 cm³/mol. The molecule has 25 heavy (non-hydrogen) atoms. The zero-order valence-electron chi connectivity index (χ0n) is 13.7. The monoisotopic (exact) mass is 341 g/mol. The molecule has 130 valence electrons. The Morgan fingerprint density at radius 1 is 1.20 bits per heavy atom. The van der Waals surface area contributed by atoms with Crippen molar-refractivity contribution >= 4 is 5.69 Å². The van der Waals surface area contributed by atoms with Crippen molar-refractivity contribution in [3.63, 3.8) is 0 Å². The SMILES string of the molecule is O=c1cccc2n1C[C@H]1C[C@@H]2CN(Cc2ccc(O)c([N+](=O)[O-])c2)C1. The minimum Gasteiger partial charge on any atom is -0.502 e. The molecule has 2 aliphatic heterocycles.